The predicted molar refractivity (Wildman–Crippen MR) is 108 cm³/mol. The fourth-order valence-corrected chi connectivity index (χ4v) is 4.59. The van der Waals surface area contributed by atoms with Crippen LogP contribution < -0.4 is 0 Å². The minimum absolute atomic E-state index is 0.0816. The Morgan fingerprint density at radius 3 is 2.70 bits per heavy atom. The number of fused-ring (bicyclic) bond motifs is 1. The van der Waals surface area contributed by atoms with Gasteiger partial charge in [0.2, 0.25) is 0 Å². The lowest BCUT2D eigenvalue weighted by Crippen LogP contribution is -2.23. The molecule has 1 aromatic carbocycles. The first-order valence-corrected chi connectivity index (χ1v) is 10.1. The van der Waals surface area contributed by atoms with Gasteiger partial charge in [-0.3, -0.25) is 4.79 Å². The van der Waals surface area contributed by atoms with Gasteiger partial charge in [0.15, 0.2) is 0 Å². The van der Waals surface area contributed by atoms with Gasteiger partial charge in [-0.25, -0.2) is 9.97 Å². The standard InChI is InChI=1S/C22H24N2O2S/c1-5-26-21(25)12-20-23-13-16(14-24-20)6-7-17-11-18-19(10-15(17)2)27-9-8-22(18,3)4/h10-11,13-14H,5,8-9,12H2,1-4H3. The number of aryl methyl sites for hydroxylation is 1. The molecule has 0 fully saturated rings. The minimum Gasteiger partial charge on any atom is -0.466 e. The maximum atomic E-state index is 11.5. The molecule has 1 aromatic heterocycles. The van der Waals surface area contributed by atoms with Crippen LogP contribution >= 0.6 is 11.8 Å². The van der Waals surface area contributed by atoms with Gasteiger partial charge >= 0.3 is 5.97 Å². The highest BCUT2D eigenvalue weighted by Gasteiger charge is 2.28. The SMILES string of the molecule is CCOC(=O)Cc1ncc(C#Cc2cc3c(cc2C)SCCC3(C)C)cn1. The quantitative estimate of drug-likeness (QED) is 0.594. The van der Waals surface area contributed by atoms with Crippen LogP contribution in [-0.2, 0) is 21.4 Å². The first-order chi connectivity index (χ1) is 12.9. The molecule has 0 atom stereocenters. The molecule has 0 aliphatic carbocycles. The Balaban J connectivity index is 1.81. The number of benzene rings is 1. The summed E-state index contributed by atoms with van der Waals surface area (Å²) in [5, 5.41) is 0. The predicted octanol–water partition coefficient (Wildman–Crippen LogP) is 4.06. The lowest BCUT2D eigenvalue weighted by atomic mass is 9.80. The van der Waals surface area contributed by atoms with Crippen molar-refractivity contribution < 1.29 is 9.53 Å². The van der Waals surface area contributed by atoms with Gasteiger partial charge in [-0.15, -0.1) is 11.8 Å². The van der Waals surface area contributed by atoms with Gasteiger partial charge in [0.1, 0.15) is 12.2 Å². The summed E-state index contributed by atoms with van der Waals surface area (Å²) >= 11 is 1.93. The third-order valence-corrected chi connectivity index (χ3v) is 5.75. The number of ether oxygens (including phenoxy) is 1. The van der Waals surface area contributed by atoms with Crippen LogP contribution in [0.25, 0.3) is 0 Å². The summed E-state index contributed by atoms with van der Waals surface area (Å²) < 4.78 is 4.91. The second-order valence-corrected chi connectivity index (χ2v) is 8.40. The molecule has 0 unspecified atom stereocenters. The molecule has 27 heavy (non-hydrogen) atoms. The van der Waals surface area contributed by atoms with Gasteiger partial charge in [-0.2, -0.15) is 0 Å². The molecule has 5 heteroatoms. The molecular formula is C22H24N2O2S. The van der Waals surface area contributed by atoms with Crippen LogP contribution in [0.2, 0.25) is 0 Å². The van der Waals surface area contributed by atoms with Crippen molar-refractivity contribution >= 4 is 17.7 Å². The Kier molecular flexibility index (Phi) is 5.86. The van der Waals surface area contributed by atoms with E-state index >= 15 is 0 Å². The summed E-state index contributed by atoms with van der Waals surface area (Å²) in [6, 6.07) is 4.49. The molecule has 2 aromatic rings. The molecule has 1 aliphatic heterocycles. The van der Waals surface area contributed by atoms with E-state index < -0.39 is 0 Å². The Hall–Kier alpha value is -2.32. The van der Waals surface area contributed by atoms with E-state index in [4.69, 9.17) is 4.74 Å². The monoisotopic (exact) mass is 380 g/mol. The van der Waals surface area contributed by atoms with E-state index in [-0.39, 0.29) is 17.8 Å². The second kappa shape index (κ2) is 8.14. The highest BCUT2D eigenvalue weighted by molar-refractivity contribution is 7.99. The molecule has 0 N–H and O–H groups in total. The van der Waals surface area contributed by atoms with Crippen LogP contribution in [0.1, 0.15) is 55.3 Å². The molecule has 2 heterocycles. The summed E-state index contributed by atoms with van der Waals surface area (Å²) in [6.45, 7) is 8.84. The molecule has 4 nitrogen and oxygen atoms in total. The van der Waals surface area contributed by atoms with Crippen molar-refractivity contribution in [2.24, 2.45) is 0 Å². The lowest BCUT2D eigenvalue weighted by molar-refractivity contribution is -0.142. The van der Waals surface area contributed by atoms with Crippen molar-refractivity contribution in [3.8, 4) is 11.8 Å². The Morgan fingerprint density at radius 2 is 2.00 bits per heavy atom. The summed E-state index contributed by atoms with van der Waals surface area (Å²) in [5.41, 5.74) is 4.53. The molecule has 0 radical (unpaired) electrons. The summed E-state index contributed by atoms with van der Waals surface area (Å²) in [5.74, 6) is 7.71. The van der Waals surface area contributed by atoms with E-state index in [0.717, 1.165) is 11.1 Å². The van der Waals surface area contributed by atoms with Crippen molar-refractivity contribution in [3.63, 3.8) is 0 Å². The van der Waals surface area contributed by atoms with Gasteiger partial charge in [0.05, 0.1) is 12.2 Å². The van der Waals surface area contributed by atoms with Crippen molar-refractivity contribution in [1.29, 1.82) is 0 Å². The van der Waals surface area contributed by atoms with Gasteiger partial charge in [0.25, 0.3) is 0 Å². The number of carbonyl (C=O) groups is 1. The Morgan fingerprint density at radius 1 is 1.26 bits per heavy atom. The fourth-order valence-electron chi connectivity index (χ4n) is 3.01. The van der Waals surface area contributed by atoms with E-state index in [9.17, 15) is 4.79 Å². The number of esters is 1. The zero-order valence-corrected chi connectivity index (χ0v) is 17.1. The number of hydrogen-bond donors (Lipinski definition) is 0. The van der Waals surface area contributed by atoms with Gasteiger partial charge < -0.3 is 4.74 Å². The van der Waals surface area contributed by atoms with E-state index in [1.165, 1.54) is 28.2 Å². The third kappa shape index (κ3) is 4.70. The number of thioether (sulfide) groups is 1. The van der Waals surface area contributed by atoms with Crippen LogP contribution in [0.4, 0.5) is 0 Å². The molecule has 0 saturated heterocycles. The average Bonchev–Trinajstić information content (AvgIpc) is 2.61. The minimum atomic E-state index is -0.318. The van der Waals surface area contributed by atoms with Gasteiger partial charge in [-0.05, 0) is 54.7 Å². The summed E-state index contributed by atoms with van der Waals surface area (Å²) in [4.78, 5) is 21.3. The number of carbonyl (C=O) groups excluding carboxylic acids is 1. The van der Waals surface area contributed by atoms with E-state index in [1.807, 2.05) is 11.8 Å². The van der Waals surface area contributed by atoms with Crippen molar-refractivity contribution in [1.82, 2.24) is 9.97 Å². The lowest BCUT2D eigenvalue weighted by Gasteiger charge is -2.32. The van der Waals surface area contributed by atoms with E-state index in [0.29, 0.717) is 12.4 Å². The number of aromatic nitrogens is 2. The van der Waals surface area contributed by atoms with Crippen LogP contribution in [0.15, 0.2) is 29.4 Å². The zero-order valence-electron chi connectivity index (χ0n) is 16.3. The van der Waals surface area contributed by atoms with Crippen LogP contribution in [-0.4, -0.2) is 28.3 Å². The molecule has 0 saturated carbocycles. The van der Waals surface area contributed by atoms with Crippen LogP contribution in [0, 0.1) is 18.8 Å². The van der Waals surface area contributed by atoms with Crippen molar-refractivity contribution in [2.45, 2.75) is 50.8 Å². The first-order valence-electron chi connectivity index (χ1n) is 9.15. The van der Waals surface area contributed by atoms with Crippen LogP contribution in [0.3, 0.4) is 0 Å². The zero-order chi connectivity index (χ0) is 19.4. The fraction of sp³-hybridized carbons (Fsp3) is 0.409. The third-order valence-electron chi connectivity index (χ3n) is 4.69. The second-order valence-electron chi connectivity index (χ2n) is 7.27. The first kappa shape index (κ1) is 19.4. The number of hydrogen-bond acceptors (Lipinski definition) is 5. The Labute approximate surface area is 165 Å². The highest BCUT2D eigenvalue weighted by Crippen LogP contribution is 2.42. The largest absolute Gasteiger partial charge is 0.466 e. The summed E-state index contributed by atoms with van der Waals surface area (Å²) in [6.07, 6.45) is 4.57. The summed E-state index contributed by atoms with van der Waals surface area (Å²) in [7, 11) is 0. The van der Waals surface area contributed by atoms with Gasteiger partial charge in [-0.1, -0.05) is 25.7 Å². The number of nitrogens with zero attached hydrogens (tertiary/aromatic N) is 2. The molecule has 0 spiro atoms. The smallest absolute Gasteiger partial charge is 0.313 e. The van der Waals surface area contributed by atoms with Gasteiger partial charge in [0, 0.05) is 22.9 Å². The molecule has 1 aliphatic rings. The molecule has 0 amide bonds. The van der Waals surface area contributed by atoms with E-state index in [2.05, 4.69) is 54.7 Å². The average molecular weight is 381 g/mol. The van der Waals surface area contributed by atoms with Crippen LogP contribution in [0.5, 0.6) is 0 Å². The maximum absolute atomic E-state index is 11.5. The van der Waals surface area contributed by atoms with Crippen molar-refractivity contribution in [3.05, 3.63) is 52.6 Å². The van der Waals surface area contributed by atoms with E-state index in [1.54, 1.807) is 19.3 Å². The Bertz CT molecular complexity index is 908. The molecular weight excluding hydrogens is 356 g/mol. The normalized spacial score (nSPS) is 14.7. The molecule has 3 rings (SSSR count). The highest BCUT2D eigenvalue weighted by atomic mass is 32.2. The number of rotatable bonds is 3. The topological polar surface area (TPSA) is 52.1 Å². The molecule has 140 valence electrons. The molecule has 0 bridgehead atoms. The maximum Gasteiger partial charge on any atom is 0.313 e. The van der Waals surface area contributed by atoms with Crippen molar-refractivity contribution in [2.75, 3.05) is 12.4 Å².